The van der Waals surface area contributed by atoms with E-state index in [-0.39, 0.29) is 10.7 Å². The van der Waals surface area contributed by atoms with Crippen molar-refractivity contribution >= 4 is 23.4 Å². The molecule has 1 aromatic heterocycles. The maximum Gasteiger partial charge on any atom is 0.356 e. The van der Waals surface area contributed by atoms with Crippen molar-refractivity contribution in [2.75, 3.05) is 11.9 Å². The molecule has 1 aromatic carbocycles. The van der Waals surface area contributed by atoms with Gasteiger partial charge in [-0.25, -0.2) is 9.78 Å². The molecule has 102 valence electrons. The van der Waals surface area contributed by atoms with Gasteiger partial charge in [0, 0.05) is 12.5 Å². The number of fused-ring (bicyclic) bond motifs is 1. The summed E-state index contributed by atoms with van der Waals surface area (Å²) < 4.78 is 0. The van der Waals surface area contributed by atoms with Crippen LogP contribution < -0.4 is 5.32 Å². The summed E-state index contributed by atoms with van der Waals surface area (Å²) in [5, 5.41) is 12.3. The van der Waals surface area contributed by atoms with E-state index in [0.717, 1.165) is 13.0 Å². The molecule has 5 heteroatoms. The molecule has 0 spiro atoms. The number of nitrogens with one attached hydrogen (secondary N) is 1. The summed E-state index contributed by atoms with van der Waals surface area (Å²) in [5.74, 6) is -0.124. The number of hydrogen-bond acceptors (Lipinski definition) is 3. The third-order valence-electron chi connectivity index (χ3n) is 3.54. The first kappa shape index (κ1) is 12.9. The lowest BCUT2D eigenvalue weighted by Gasteiger charge is -2.30. The average molecular weight is 289 g/mol. The number of anilines is 1. The van der Waals surface area contributed by atoms with Crippen LogP contribution in [0.2, 0.25) is 5.02 Å². The first-order chi connectivity index (χ1) is 9.65. The van der Waals surface area contributed by atoms with Gasteiger partial charge in [0.2, 0.25) is 0 Å². The predicted molar refractivity (Wildman–Crippen MR) is 77.6 cm³/mol. The van der Waals surface area contributed by atoms with E-state index < -0.39 is 5.97 Å². The Labute approximate surface area is 121 Å². The SMILES string of the molecule is O=C(O)c1nc(NCC2Cc3ccccc32)ccc1Cl. The van der Waals surface area contributed by atoms with E-state index in [1.54, 1.807) is 12.1 Å². The fourth-order valence-corrected chi connectivity index (χ4v) is 2.65. The number of halogens is 1. The van der Waals surface area contributed by atoms with Crippen molar-refractivity contribution in [2.45, 2.75) is 12.3 Å². The molecule has 1 atom stereocenters. The Kier molecular flexibility index (Phi) is 3.32. The Morgan fingerprint density at radius 1 is 1.35 bits per heavy atom. The van der Waals surface area contributed by atoms with Crippen molar-refractivity contribution in [1.82, 2.24) is 4.98 Å². The zero-order valence-electron chi connectivity index (χ0n) is 10.6. The van der Waals surface area contributed by atoms with Crippen molar-refractivity contribution in [3.05, 3.63) is 58.2 Å². The largest absolute Gasteiger partial charge is 0.476 e. The Balaban J connectivity index is 1.68. The highest BCUT2D eigenvalue weighted by atomic mass is 35.5. The maximum atomic E-state index is 11.0. The summed E-state index contributed by atoms with van der Waals surface area (Å²) in [5.41, 5.74) is 2.62. The highest BCUT2D eigenvalue weighted by Crippen LogP contribution is 2.34. The molecule has 0 bridgehead atoms. The fraction of sp³-hybridized carbons (Fsp3) is 0.200. The minimum absolute atomic E-state index is 0.120. The highest BCUT2D eigenvalue weighted by molar-refractivity contribution is 6.33. The number of aromatic carboxylic acids is 1. The van der Waals surface area contributed by atoms with E-state index >= 15 is 0 Å². The lowest BCUT2D eigenvalue weighted by atomic mass is 9.77. The summed E-state index contributed by atoms with van der Waals surface area (Å²) >= 11 is 5.79. The molecule has 1 unspecified atom stereocenters. The monoisotopic (exact) mass is 288 g/mol. The van der Waals surface area contributed by atoms with Crippen molar-refractivity contribution in [3.63, 3.8) is 0 Å². The van der Waals surface area contributed by atoms with Gasteiger partial charge in [-0.1, -0.05) is 35.9 Å². The molecule has 4 nitrogen and oxygen atoms in total. The molecule has 1 aliphatic rings. The standard InChI is InChI=1S/C15H13ClN2O2/c16-12-5-6-13(18-14(12)15(19)20)17-8-10-7-9-3-1-2-4-11(9)10/h1-6,10H,7-8H2,(H,17,18)(H,19,20). The first-order valence-electron chi connectivity index (χ1n) is 6.36. The van der Waals surface area contributed by atoms with Gasteiger partial charge in [0.05, 0.1) is 5.02 Å². The van der Waals surface area contributed by atoms with Crippen LogP contribution in [0.3, 0.4) is 0 Å². The second-order valence-corrected chi connectivity index (χ2v) is 5.22. The summed E-state index contributed by atoms with van der Waals surface area (Å²) in [6.07, 6.45) is 1.04. The molecule has 1 heterocycles. The molecule has 0 saturated carbocycles. The quantitative estimate of drug-likeness (QED) is 0.907. The van der Waals surface area contributed by atoms with Gasteiger partial charge >= 0.3 is 5.97 Å². The summed E-state index contributed by atoms with van der Waals surface area (Å²) in [6, 6.07) is 11.6. The zero-order valence-corrected chi connectivity index (χ0v) is 11.4. The molecule has 0 aliphatic heterocycles. The number of nitrogens with zero attached hydrogens (tertiary/aromatic N) is 1. The number of aromatic nitrogens is 1. The molecule has 2 aromatic rings. The van der Waals surface area contributed by atoms with Crippen molar-refractivity contribution in [3.8, 4) is 0 Å². The minimum atomic E-state index is -1.12. The summed E-state index contributed by atoms with van der Waals surface area (Å²) in [6.45, 7) is 0.741. The van der Waals surface area contributed by atoms with Crippen LogP contribution in [-0.2, 0) is 6.42 Å². The number of rotatable bonds is 4. The first-order valence-corrected chi connectivity index (χ1v) is 6.74. The number of benzene rings is 1. The van der Waals surface area contributed by atoms with Gasteiger partial charge in [0.25, 0.3) is 0 Å². The predicted octanol–water partition coefficient (Wildman–Crippen LogP) is 3.19. The van der Waals surface area contributed by atoms with Gasteiger partial charge in [-0.15, -0.1) is 0 Å². The smallest absolute Gasteiger partial charge is 0.356 e. The molecule has 3 rings (SSSR count). The summed E-state index contributed by atoms with van der Waals surface area (Å²) in [7, 11) is 0. The van der Waals surface area contributed by atoms with E-state index in [2.05, 4.69) is 22.4 Å². The molecule has 2 N–H and O–H groups in total. The van der Waals surface area contributed by atoms with Crippen LogP contribution in [0.15, 0.2) is 36.4 Å². The molecular weight excluding hydrogens is 276 g/mol. The van der Waals surface area contributed by atoms with Crippen LogP contribution in [0, 0.1) is 0 Å². The zero-order chi connectivity index (χ0) is 14.1. The third kappa shape index (κ3) is 2.34. The van der Waals surface area contributed by atoms with E-state index in [0.29, 0.717) is 11.7 Å². The maximum absolute atomic E-state index is 11.0. The average Bonchev–Trinajstić information content (AvgIpc) is 2.41. The number of carbonyl (C=O) groups is 1. The third-order valence-corrected chi connectivity index (χ3v) is 3.84. The normalized spacial score (nSPS) is 16.1. The number of hydrogen-bond donors (Lipinski definition) is 2. The van der Waals surface area contributed by atoms with Gasteiger partial charge in [-0.2, -0.15) is 0 Å². The topological polar surface area (TPSA) is 62.2 Å². The molecule has 0 radical (unpaired) electrons. The van der Waals surface area contributed by atoms with E-state index in [1.165, 1.54) is 11.1 Å². The van der Waals surface area contributed by atoms with Crippen molar-refractivity contribution in [1.29, 1.82) is 0 Å². The number of carboxylic acids is 1. The van der Waals surface area contributed by atoms with Gasteiger partial charge in [-0.3, -0.25) is 0 Å². The Morgan fingerprint density at radius 2 is 2.15 bits per heavy atom. The van der Waals surface area contributed by atoms with Crippen molar-refractivity contribution in [2.24, 2.45) is 0 Å². The second-order valence-electron chi connectivity index (χ2n) is 4.81. The minimum Gasteiger partial charge on any atom is -0.476 e. The van der Waals surface area contributed by atoms with Crippen LogP contribution in [0.25, 0.3) is 0 Å². The lowest BCUT2D eigenvalue weighted by Crippen LogP contribution is -2.24. The number of carboxylic acid groups (broad SMARTS) is 1. The Morgan fingerprint density at radius 3 is 2.90 bits per heavy atom. The molecule has 1 aliphatic carbocycles. The van der Waals surface area contributed by atoms with Gasteiger partial charge in [0.1, 0.15) is 5.82 Å². The Hall–Kier alpha value is -2.07. The van der Waals surface area contributed by atoms with Gasteiger partial charge in [0.15, 0.2) is 5.69 Å². The van der Waals surface area contributed by atoms with E-state index in [4.69, 9.17) is 16.7 Å². The molecule has 0 fully saturated rings. The van der Waals surface area contributed by atoms with Gasteiger partial charge < -0.3 is 10.4 Å². The van der Waals surface area contributed by atoms with E-state index in [9.17, 15) is 4.79 Å². The lowest BCUT2D eigenvalue weighted by molar-refractivity contribution is 0.0691. The second kappa shape index (κ2) is 5.13. The molecule has 0 amide bonds. The number of pyridine rings is 1. The highest BCUT2D eigenvalue weighted by Gasteiger charge is 2.25. The molecule has 20 heavy (non-hydrogen) atoms. The van der Waals surface area contributed by atoms with Crippen LogP contribution in [0.5, 0.6) is 0 Å². The van der Waals surface area contributed by atoms with Crippen LogP contribution in [0.1, 0.15) is 27.5 Å². The van der Waals surface area contributed by atoms with E-state index in [1.807, 2.05) is 12.1 Å². The van der Waals surface area contributed by atoms with Gasteiger partial charge in [-0.05, 0) is 29.7 Å². The molecular formula is C15H13ClN2O2. The van der Waals surface area contributed by atoms with Crippen molar-refractivity contribution < 1.29 is 9.90 Å². The van der Waals surface area contributed by atoms with Crippen LogP contribution >= 0.6 is 11.6 Å². The van der Waals surface area contributed by atoms with Crippen LogP contribution in [-0.4, -0.2) is 22.6 Å². The fourth-order valence-electron chi connectivity index (χ4n) is 2.46. The van der Waals surface area contributed by atoms with Crippen LogP contribution in [0.4, 0.5) is 5.82 Å². The summed E-state index contributed by atoms with van der Waals surface area (Å²) in [4.78, 5) is 15.0. The Bertz CT molecular complexity index is 673. The molecule has 0 saturated heterocycles.